The van der Waals surface area contributed by atoms with Crippen molar-refractivity contribution in [3.8, 4) is 11.8 Å². The molecule has 0 aromatic heterocycles. The van der Waals surface area contributed by atoms with E-state index in [0.717, 1.165) is 24.7 Å². The molecule has 1 aromatic carbocycles. The Morgan fingerprint density at radius 2 is 2.17 bits per heavy atom. The van der Waals surface area contributed by atoms with Gasteiger partial charge in [-0.05, 0) is 45.2 Å². The molecule has 0 atom stereocenters. The van der Waals surface area contributed by atoms with Crippen molar-refractivity contribution in [3.05, 3.63) is 29.3 Å². The van der Waals surface area contributed by atoms with E-state index in [1.807, 2.05) is 32.9 Å². The Morgan fingerprint density at radius 3 is 2.78 bits per heavy atom. The Morgan fingerprint density at radius 1 is 1.44 bits per heavy atom. The maximum absolute atomic E-state index is 10.9. The lowest BCUT2D eigenvalue weighted by molar-refractivity contribution is 0.111. The third kappa shape index (κ3) is 3.89. The third-order valence-corrected chi connectivity index (χ3v) is 2.86. The van der Waals surface area contributed by atoms with Gasteiger partial charge in [0, 0.05) is 0 Å². The van der Waals surface area contributed by atoms with E-state index in [2.05, 4.69) is 6.07 Å². The summed E-state index contributed by atoms with van der Waals surface area (Å²) >= 11 is 0. The fraction of sp³-hybridized carbons (Fsp3) is 0.467. The number of carbonyl (C=O) groups excluding carboxylic acids is 1. The largest absolute Gasteiger partial charge is 0.493 e. The van der Waals surface area contributed by atoms with Crippen LogP contribution in [-0.4, -0.2) is 12.9 Å². The van der Waals surface area contributed by atoms with Gasteiger partial charge in [-0.1, -0.05) is 12.1 Å². The van der Waals surface area contributed by atoms with Crippen LogP contribution >= 0.6 is 0 Å². The number of aryl methyl sites for hydroxylation is 1. The van der Waals surface area contributed by atoms with Gasteiger partial charge in [0.25, 0.3) is 0 Å². The molecule has 0 aliphatic carbocycles. The zero-order chi connectivity index (χ0) is 13.6. The molecule has 0 fully saturated rings. The van der Waals surface area contributed by atoms with Crippen LogP contribution in [0.2, 0.25) is 0 Å². The number of para-hydroxylation sites is 1. The van der Waals surface area contributed by atoms with Gasteiger partial charge in [-0.2, -0.15) is 5.26 Å². The lowest BCUT2D eigenvalue weighted by Crippen LogP contribution is -2.10. The first kappa shape index (κ1) is 14.2. The average molecular weight is 245 g/mol. The normalized spacial score (nSPS) is 10.8. The van der Waals surface area contributed by atoms with Gasteiger partial charge in [-0.15, -0.1) is 0 Å². The molecule has 0 N–H and O–H groups in total. The molecule has 0 saturated carbocycles. The van der Waals surface area contributed by atoms with E-state index >= 15 is 0 Å². The van der Waals surface area contributed by atoms with Gasteiger partial charge < -0.3 is 4.74 Å². The molecule has 0 heterocycles. The molecule has 1 rings (SSSR count). The third-order valence-electron chi connectivity index (χ3n) is 2.86. The summed E-state index contributed by atoms with van der Waals surface area (Å²) < 4.78 is 5.66. The molecule has 0 bridgehead atoms. The highest BCUT2D eigenvalue weighted by Crippen LogP contribution is 2.24. The van der Waals surface area contributed by atoms with Gasteiger partial charge >= 0.3 is 0 Å². The van der Waals surface area contributed by atoms with E-state index in [9.17, 15) is 4.79 Å². The maximum Gasteiger partial charge on any atom is 0.153 e. The average Bonchev–Trinajstić information content (AvgIpc) is 2.36. The van der Waals surface area contributed by atoms with E-state index in [-0.39, 0.29) is 5.41 Å². The lowest BCUT2D eigenvalue weighted by Gasteiger charge is -2.16. The smallest absolute Gasteiger partial charge is 0.153 e. The molecule has 0 aliphatic heterocycles. The number of carbonyl (C=O) groups is 1. The van der Waals surface area contributed by atoms with Crippen molar-refractivity contribution in [1.29, 1.82) is 5.26 Å². The number of aldehydes is 1. The van der Waals surface area contributed by atoms with E-state index < -0.39 is 0 Å². The van der Waals surface area contributed by atoms with Crippen LogP contribution in [0.4, 0.5) is 0 Å². The van der Waals surface area contributed by atoms with Gasteiger partial charge in [-0.3, -0.25) is 4.79 Å². The van der Waals surface area contributed by atoms with Crippen molar-refractivity contribution in [2.45, 2.75) is 33.6 Å². The summed E-state index contributed by atoms with van der Waals surface area (Å²) in [4.78, 5) is 10.9. The highest BCUT2D eigenvalue weighted by atomic mass is 16.5. The molecule has 0 unspecified atom stereocenters. The van der Waals surface area contributed by atoms with Crippen molar-refractivity contribution in [2.24, 2.45) is 5.41 Å². The van der Waals surface area contributed by atoms with Crippen molar-refractivity contribution in [3.63, 3.8) is 0 Å². The Labute approximate surface area is 108 Å². The van der Waals surface area contributed by atoms with E-state index in [1.54, 1.807) is 6.07 Å². The van der Waals surface area contributed by atoms with Crippen molar-refractivity contribution in [2.75, 3.05) is 6.61 Å². The summed E-state index contributed by atoms with van der Waals surface area (Å²) in [6, 6.07) is 7.76. The quantitative estimate of drug-likeness (QED) is 0.569. The first-order valence-corrected chi connectivity index (χ1v) is 6.09. The summed E-state index contributed by atoms with van der Waals surface area (Å²) in [6.07, 6.45) is 2.39. The minimum absolute atomic E-state index is 0.317. The highest BCUT2D eigenvalue weighted by molar-refractivity contribution is 5.80. The molecule has 0 saturated heterocycles. The van der Waals surface area contributed by atoms with Crippen molar-refractivity contribution < 1.29 is 9.53 Å². The summed E-state index contributed by atoms with van der Waals surface area (Å²) in [5.74, 6) is 0.655. The second-order valence-electron chi connectivity index (χ2n) is 5.06. The Bertz CT molecular complexity index is 458. The Hall–Kier alpha value is -1.82. The van der Waals surface area contributed by atoms with Crippen LogP contribution < -0.4 is 4.74 Å². The maximum atomic E-state index is 10.9. The number of hydrogen-bond acceptors (Lipinski definition) is 3. The Kier molecular flexibility index (Phi) is 4.91. The van der Waals surface area contributed by atoms with Gasteiger partial charge in [0.1, 0.15) is 5.75 Å². The summed E-state index contributed by atoms with van der Waals surface area (Å²) in [5, 5.41) is 8.90. The van der Waals surface area contributed by atoms with Crippen molar-refractivity contribution >= 4 is 6.29 Å². The number of ether oxygens (including phenoxy) is 1. The first-order chi connectivity index (χ1) is 8.50. The van der Waals surface area contributed by atoms with Crippen LogP contribution in [0.25, 0.3) is 0 Å². The predicted octanol–water partition coefficient (Wildman–Crippen LogP) is 3.52. The van der Waals surface area contributed by atoms with Crippen LogP contribution in [-0.2, 0) is 0 Å². The number of nitriles is 1. The van der Waals surface area contributed by atoms with Crippen molar-refractivity contribution in [1.82, 2.24) is 0 Å². The van der Waals surface area contributed by atoms with Gasteiger partial charge in [0.15, 0.2) is 6.29 Å². The minimum atomic E-state index is -0.317. The summed E-state index contributed by atoms with van der Waals surface area (Å²) in [7, 11) is 0. The highest BCUT2D eigenvalue weighted by Gasteiger charge is 2.16. The minimum Gasteiger partial charge on any atom is -0.493 e. The van der Waals surface area contributed by atoms with E-state index in [4.69, 9.17) is 10.00 Å². The molecule has 96 valence electrons. The number of benzene rings is 1. The molecule has 1 aromatic rings. The monoisotopic (exact) mass is 245 g/mol. The van der Waals surface area contributed by atoms with Gasteiger partial charge in [-0.25, -0.2) is 0 Å². The van der Waals surface area contributed by atoms with E-state index in [1.165, 1.54) is 0 Å². The van der Waals surface area contributed by atoms with E-state index in [0.29, 0.717) is 17.9 Å². The predicted molar refractivity (Wildman–Crippen MR) is 70.7 cm³/mol. The standard InChI is InChI=1S/C15H19NO2/c1-12-6-4-7-13(10-17)14(12)18-9-5-8-15(2,3)11-16/h4,6-7,10H,5,8-9H2,1-3H3. The van der Waals surface area contributed by atoms with Gasteiger partial charge in [0.05, 0.1) is 23.7 Å². The molecule has 0 spiro atoms. The van der Waals surface area contributed by atoms with Crippen LogP contribution in [0.15, 0.2) is 18.2 Å². The lowest BCUT2D eigenvalue weighted by atomic mass is 9.90. The SMILES string of the molecule is Cc1cccc(C=O)c1OCCCC(C)(C)C#N. The molecular formula is C15H19NO2. The molecule has 0 amide bonds. The molecule has 0 radical (unpaired) electrons. The molecule has 18 heavy (non-hydrogen) atoms. The van der Waals surface area contributed by atoms with Crippen LogP contribution in [0, 0.1) is 23.7 Å². The van der Waals surface area contributed by atoms with Crippen LogP contribution in [0.1, 0.15) is 42.6 Å². The number of rotatable bonds is 6. The van der Waals surface area contributed by atoms with Gasteiger partial charge in [0.2, 0.25) is 0 Å². The van der Waals surface area contributed by atoms with Crippen LogP contribution in [0.3, 0.4) is 0 Å². The topological polar surface area (TPSA) is 50.1 Å². The summed E-state index contributed by atoms with van der Waals surface area (Å²) in [5.41, 5.74) is 1.22. The Balaban J connectivity index is 2.55. The number of hydrogen-bond donors (Lipinski definition) is 0. The summed E-state index contributed by atoms with van der Waals surface area (Å²) in [6.45, 7) is 6.27. The first-order valence-electron chi connectivity index (χ1n) is 6.09. The van der Waals surface area contributed by atoms with Crippen LogP contribution in [0.5, 0.6) is 5.75 Å². The molecule has 3 heteroatoms. The molecule has 0 aliphatic rings. The number of nitrogens with zero attached hydrogens (tertiary/aromatic N) is 1. The second-order valence-corrected chi connectivity index (χ2v) is 5.06. The second kappa shape index (κ2) is 6.20. The zero-order valence-electron chi connectivity index (χ0n) is 11.2. The fourth-order valence-corrected chi connectivity index (χ4v) is 1.71. The fourth-order valence-electron chi connectivity index (χ4n) is 1.71. The molecule has 3 nitrogen and oxygen atoms in total. The zero-order valence-corrected chi connectivity index (χ0v) is 11.2. The molecular weight excluding hydrogens is 226 g/mol.